The normalized spacial score (nSPS) is 15.1. The summed E-state index contributed by atoms with van der Waals surface area (Å²) in [5.74, 6) is -2.46. The lowest BCUT2D eigenvalue weighted by atomic mass is 10.1. The number of nitrogens with zero attached hydrogens (tertiary/aromatic N) is 1. The summed E-state index contributed by atoms with van der Waals surface area (Å²) in [6.07, 6.45) is 1.35. The number of carbonyl (C=O) groups excluding carboxylic acids is 2. The van der Waals surface area contributed by atoms with Crippen LogP contribution in [0.2, 0.25) is 0 Å². The van der Waals surface area contributed by atoms with Gasteiger partial charge in [-0.1, -0.05) is 54.3 Å². The Hall–Kier alpha value is -3.04. The molecule has 1 aliphatic rings. The quantitative estimate of drug-likeness (QED) is 0.536. The SMILES string of the molecule is O=C(CCN1C(=O)C(=Cc2ccccc2F)SC1=S)Nc1ccccc1C(=O)O. The molecule has 2 N–H and O–H groups in total. The van der Waals surface area contributed by atoms with Gasteiger partial charge < -0.3 is 10.4 Å². The molecule has 9 heteroatoms. The molecule has 1 heterocycles. The molecule has 0 atom stereocenters. The van der Waals surface area contributed by atoms with Crippen molar-refractivity contribution >= 4 is 57.8 Å². The van der Waals surface area contributed by atoms with Gasteiger partial charge in [-0.05, 0) is 24.3 Å². The summed E-state index contributed by atoms with van der Waals surface area (Å²) in [4.78, 5) is 37.5. The predicted octanol–water partition coefficient (Wildman–Crippen LogP) is 3.75. The summed E-state index contributed by atoms with van der Waals surface area (Å²) >= 11 is 6.24. The number of anilines is 1. The van der Waals surface area contributed by atoms with Crippen molar-refractivity contribution in [3.8, 4) is 0 Å². The molecule has 1 aliphatic heterocycles. The Morgan fingerprint density at radius 1 is 1.17 bits per heavy atom. The number of carboxylic acid groups (broad SMARTS) is 1. The van der Waals surface area contributed by atoms with Crippen LogP contribution in [-0.4, -0.2) is 38.7 Å². The van der Waals surface area contributed by atoms with Gasteiger partial charge in [0.25, 0.3) is 5.91 Å². The van der Waals surface area contributed by atoms with E-state index in [0.29, 0.717) is 0 Å². The Morgan fingerprint density at radius 2 is 1.86 bits per heavy atom. The lowest BCUT2D eigenvalue weighted by Crippen LogP contribution is -2.31. The second kappa shape index (κ2) is 8.97. The number of halogens is 1. The molecule has 29 heavy (non-hydrogen) atoms. The first kappa shape index (κ1) is 20.7. The lowest BCUT2D eigenvalue weighted by Gasteiger charge is -2.14. The number of thiocarbonyl (C=S) groups is 1. The molecular formula is C20H15FN2O4S2. The fraction of sp³-hybridized carbons (Fsp3) is 0.100. The second-order valence-electron chi connectivity index (χ2n) is 6.00. The first-order valence-corrected chi connectivity index (χ1v) is 9.71. The molecule has 0 radical (unpaired) electrons. The van der Waals surface area contributed by atoms with Crippen molar-refractivity contribution < 1.29 is 23.9 Å². The zero-order valence-electron chi connectivity index (χ0n) is 14.9. The van der Waals surface area contributed by atoms with Crippen LogP contribution in [0.4, 0.5) is 10.1 Å². The monoisotopic (exact) mass is 430 g/mol. The Bertz CT molecular complexity index is 1040. The van der Waals surface area contributed by atoms with E-state index in [9.17, 15) is 18.8 Å². The fourth-order valence-electron chi connectivity index (χ4n) is 2.63. The third-order valence-electron chi connectivity index (χ3n) is 4.06. The van der Waals surface area contributed by atoms with Gasteiger partial charge in [-0.25, -0.2) is 9.18 Å². The topological polar surface area (TPSA) is 86.7 Å². The first-order chi connectivity index (χ1) is 13.9. The molecule has 0 aromatic heterocycles. The van der Waals surface area contributed by atoms with Gasteiger partial charge in [0.1, 0.15) is 10.1 Å². The van der Waals surface area contributed by atoms with Gasteiger partial charge in [-0.3, -0.25) is 14.5 Å². The lowest BCUT2D eigenvalue weighted by molar-refractivity contribution is -0.122. The van der Waals surface area contributed by atoms with E-state index in [-0.39, 0.29) is 39.0 Å². The highest BCUT2D eigenvalue weighted by Gasteiger charge is 2.32. The molecule has 6 nitrogen and oxygen atoms in total. The summed E-state index contributed by atoms with van der Waals surface area (Å²) in [7, 11) is 0. The van der Waals surface area contributed by atoms with Crippen molar-refractivity contribution in [3.05, 3.63) is 70.4 Å². The number of hydrogen-bond donors (Lipinski definition) is 2. The summed E-state index contributed by atoms with van der Waals surface area (Å²) in [5.41, 5.74) is 0.421. The van der Waals surface area contributed by atoms with Gasteiger partial charge in [0.15, 0.2) is 0 Å². The number of rotatable bonds is 6. The van der Waals surface area contributed by atoms with Crippen molar-refractivity contribution in [2.24, 2.45) is 0 Å². The van der Waals surface area contributed by atoms with Gasteiger partial charge >= 0.3 is 5.97 Å². The molecule has 0 saturated carbocycles. The maximum absolute atomic E-state index is 13.8. The fourth-order valence-corrected chi connectivity index (χ4v) is 3.93. The third kappa shape index (κ3) is 4.87. The Morgan fingerprint density at radius 3 is 2.59 bits per heavy atom. The van der Waals surface area contributed by atoms with Crippen molar-refractivity contribution in [2.75, 3.05) is 11.9 Å². The van der Waals surface area contributed by atoms with Gasteiger partial charge in [0, 0.05) is 18.5 Å². The number of hydrogen-bond acceptors (Lipinski definition) is 5. The molecule has 2 aromatic rings. The summed E-state index contributed by atoms with van der Waals surface area (Å²) in [6, 6.07) is 12.1. The number of thioether (sulfide) groups is 1. The molecule has 148 valence electrons. The highest BCUT2D eigenvalue weighted by Crippen LogP contribution is 2.33. The summed E-state index contributed by atoms with van der Waals surface area (Å²) in [5, 5.41) is 11.7. The van der Waals surface area contributed by atoms with E-state index in [2.05, 4.69) is 5.32 Å². The Labute approximate surface area is 175 Å². The molecule has 0 bridgehead atoms. The van der Waals surface area contributed by atoms with Gasteiger partial charge in [-0.15, -0.1) is 0 Å². The molecule has 0 spiro atoms. The molecule has 0 aliphatic carbocycles. The molecule has 2 amide bonds. The molecule has 1 fully saturated rings. The summed E-state index contributed by atoms with van der Waals surface area (Å²) in [6.45, 7) is 0.0281. The van der Waals surface area contributed by atoms with Crippen LogP contribution in [0.5, 0.6) is 0 Å². The van der Waals surface area contributed by atoms with Crippen LogP contribution in [0, 0.1) is 5.82 Å². The van der Waals surface area contributed by atoms with Crippen LogP contribution in [0.25, 0.3) is 6.08 Å². The van der Waals surface area contributed by atoms with E-state index in [1.54, 1.807) is 30.3 Å². The summed E-state index contributed by atoms with van der Waals surface area (Å²) < 4.78 is 14.1. The number of carbonyl (C=O) groups is 3. The number of carboxylic acids is 1. The number of nitrogens with one attached hydrogen (secondary N) is 1. The zero-order chi connectivity index (χ0) is 21.0. The van der Waals surface area contributed by atoms with Crippen LogP contribution in [-0.2, 0) is 9.59 Å². The van der Waals surface area contributed by atoms with E-state index >= 15 is 0 Å². The molecule has 2 aromatic carbocycles. The van der Waals surface area contributed by atoms with Crippen LogP contribution in [0.15, 0.2) is 53.4 Å². The number of amides is 2. The standard InChI is InChI=1S/C20H15FN2O4S2/c21-14-7-3-1-5-12(14)11-16-18(25)23(20(28)29-16)10-9-17(24)22-15-8-4-2-6-13(15)19(26)27/h1-8,11H,9-10H2,(H,22,24)(H,26,27). The molecular weight excluding hydrogens is 415 g/mol. The number of para-hydroxylation sites is 1. The largest absolute Gasteiger partial charge is 0.478 e. The van der Waals surface area contributed by atoms with Crippen LogP contribution >= 0.6 is 24.0 Å². The Balaban J connectivity index is 1.65. The maximum Gasteiger partial charge on any atom is 0.337 e. The number of aromatic carboxylic acids is 1. The van der Waals surface area contributed by atoms with Gasteiger partial charge in [0.2, 0.25) is 5.91 Å². The molecule has 0 unspecified atom stereocenters. The average Bonchev–Trinajstić information content (AvgIpc) is 2.95. The van der Waals surface area contributed by atoms with E-state index in [4.69, 9.17) is 17.3 Å². The van der Waals surface area contributed by atoms with E-state index in [1.807, 2.05) is 0 Å². The van der Waals surface area contributed by atoms with Gasteiger partial charge in [-0.2, -0.15) is 0 Å². The zero-order valence-corrected chi connectivity index (χ0v) is 16.6. The van der Waals surface area contributed by atoms with E-state index in [1.165, 1.54) is 29.2 Å². The smallest absolute Gasteiger partial charge is 0.337 e. The van der Waals surface area contributed by atoms with Crippen molar-refractivity contribution in [2.45, 2.75) is 6.42 Å². The Kier molecular flexibility index (Phi) is 6.40. The average molecular weight is 430 g/mol. The molecule has 3 rings (SSSR count). The second-order valence-corrected chi connectivity index (χ2v) is 7.68. The maximum atomic E-state index is 13.8. The van der Waals surface area contributed by atoms with Gasteiger partial charge in [0.05, 0.1) is 16.2 Å². The third-order valence-corrected chi connectivity index (χ3v) is 5.44. The van der Waals surface area contributed by atoms with Crippen molar-refractivity contribution in [1.82, 2.24) is 4.90 Å². The van der Waals surface area contributed by atoms with Crippen molar-refractivity contribution in [1.29, 1.82) is 0 Å². The van der Waals surface area contributed by atoms with Crippen LogP contribution in [0.3, 0.4) is 0 Å². The minimum Gasteiger partial charge on any atom is -0.478 e. The predicted molar refractivity (Wildman–Crippen MR) is 113 cm³/mol. The van der Waals surface area contributed by atoms with E-state index in [0.717, 1.165) is 11.8 Å². The van der Waals surface area contributed by atoms with E-state index < -0.39 is 23.6 Å². The molecule has 1 saturated heterocycles. The van der Waals surface area contributed by atoms with Crippen LogP contribution in [0.1, 0.15) is 22.3 Å². The highest BCUT2D eigenvalue weighted by molar-refractivity contribution is 8.26. The van der Waals surface area contributed by atoms with Crippen LogP contribution < -0.4 is 5.32 Å². The highest BCUT2D eigenvalue weighted by atomic mass is 32.2. The first-order valence-electron chi connectivity index (χ1n) is 8.49. The van der Waals surface area contributed by atoms with Crippen molar-refractivity contribution in [3.63, 3.8) is 0 Å². The minimum atomic E-state index is -1.16. The number of benzene rings is 2. The minimum absolute atomic E-state index is 0.0281.